The summed E-state index contributed by atoms with van der Waals surface area (Å²) in [6.45, 7) is 9.84. The van der Waals surface area contributed by atoms with E-state index in [1.54, 1.807) is 0 Å². The van der Waals surface area contributed by atoms with E-state index in [2.05, 4.69) is 32.7 Å². The van der Waals surface area contributed by atoms with E-state index < -0.39 is 0 Å². The Morgan fingerprint density at radius 1 is 1.24 bits per heavy atom. The van der Waals surface area contributed by atoms with E-state index in [1.807, 2.05) is 29.2 Å². The fourth-order valence-corrected chi connectivity index (χ4v) is 4.01. The molecule has 2 aliphatic rings. The summed E-state index contributed by atoms with van der Waals surface area (Å²) < 4.78 is 5.92. The summed E-state index contributed by atoms with van der Waals surface area (Å²) in [6, 6.07) is 7.99. The van der Waals surface area contributed by atoms with Gasteiger partial charge in [0.1, 0.15) is 17.3 Å². The molecule has 3 heterocycles. The van der Waals surface area contributed by atoms with Gasteiger partial charge in [0.05, 0.1) is 13.2 Å². The lowest BCUT2D eigenvalue weighted by Crippen LogP contribution is -2.30. The predicted molar refractivity (Wildman–Crippen MR) is 120 cm³/mol. The van der Waals surface area contributed by atoms with E-state index in [0.29, 0.717) is 30.2 Å². The molecule has 2 aromatic rings. The molecule has 29 heavy (non-hydrogen) atoms. The van der Waals surface area contributed by atoms with E-state index >= 15 is 0 Å². The van der Waals surface area contributed by atoms with E-state index in [1.165, 1.54) is 0 Å². The van der Waals surface area contributed by atoms with Crippen LogP contribution in [0.15, 0.2) is 24.3 Å². The van der Waals surface area contributed by atoms with Crippen molar-refractivity contribution in [3.63, 3.8) is 0 Å². The monoisotopic (exact) mass is 457 g/mol. The first-order valence-corrected chi connectivity index (χ1v) is 10.00. The lowest BCUT2D eigenvalue weighted by molar-refractivity contribution is 0.0962. The summed E-state index contributed by atoms with van der Waals surface area (Å²) >= 11 is 0. The van der Waals surface area contributed by atoms with Crippen LogP contribution in [0.25, 0.3) is 0 Å². The van der Waals surface area contributed by atoms with E-state index in [-0.39, 0.29) is 34.7 Å². The number of benzene rings is 1. The minimum atomic E-state index is -0.0907. The van der Waals surface area contributed by atoms with Gasteiger partial charge in [-0.1, -0.05) is 33.8 Å². The number of nitrogens with one attached hydrogen (secondary N) is 1. The van der Waals surface area contributed by atoms with Crippen LogP contribution in [0.2, 0.25) is 0 Å². The average Bonchev–Trinajstić information content (AvgIpc) is 3.17. The van der Waals surface area contributed by atoms with Gasteiger partial charge in [-0.15, -0.1) is 17.0 Å². The number of halogens is 1. The molecule has 0 aliphatic carbocycles. The minimum Gasteiger partial charge on any atom is -0.492 e. The third-order valence-corrected chi connectivity index (χ3v) is 5.81. The normalized spacial score (nSPS) is 16.1. The molecular formula is C23H28BrN3O2. The molecule has 1 aromatic heterocycles. The number of carbonyl (C=O) groups excluding carboxylic acids is 1. The Labute approximate surface area is 182 Å². The second-order valence-corrected chi connectivity index (χ2v) is 8.33. The largest absolute Gasteiger partial charge is 0.492 e. The van der Waals surface area contributed by atoms with Gasteiger partial charge in [0.15, 0.2) is 5.78 Å². The van der Waals surface area contributed by atoms with Gasteiger partial charge >= 0.3 is 0 Å². The molecule has 0 fully saturated rings. The SMILES string of the molecule is Br.CCc1ccc2c(n1)C(=N)N(CC(=O)c1cc(CC)c3c(c1)C(C)(C)CO3)C2. The zero-order valence-corrected chi connectivity index (χ0v) is 19.2. The standard InChI is InChI=1S/C23H27N3O2.BrH/c1-5-14-9-16(10-18-21(14)28-13-23(18,3)4)19(27)12-26-11-15-7-8-17(6-2)25-20(15)22(26)24;/h7-10,24H,5-6,11-13H2,1-4H3;1H. The van der Waals surface area contributed by atoms with Gasteiger partial charge < -0.3 is 9.64 Å². The van der Waals surface area contributed by atoms with Gasteiger partial charge in [-0.2, -0.15) is 0 Å². The molecule has 1 N–H and O–H groups in total. The maximum atomic E-state index is 13.1. The maximum Gasteiger partial charge on any atom is 0.182 e. The highest BCUT2D eigenvalue weighted by Crippen LogP contribution is 2.41. The molecule has 0 unspecified atom stereocenters. The number of rotatable bonds is 5. The Kier molecular flexibility index (Phi) is 5.86. The van der Waals surface area contributed by atoms with Gasteiger partial charge in [-0.25, -0.2) is 4.98 Å². The van der Waals surface area contributed by atoms with Crippen molar-refractivity contribution < 1.29 is 9.53 Å². The highest BCUT2D eigenvalue weighted by atomic mass is 79.9. The molecule has 2 aliphatic heterocycles. The molecule has 0 radical (unpaired) electrons. The number of ether oxygens (including phenoxy) is 1. The Morgan fingerprint density at radius 3 is 2.69 bits per heavy atom. The summed E-state index contributed by atoms with van der Waals surface area (Å²) in [5, 5.41) is 8.47. The molecule has 0 atom stereocenters. The van der Waals surface area contributed by atoms with Crippen LogP contribution in [0.3, 0.4) is 0 Å². The number of hydrogen-bond donors (Lipinski definition) is 1. The van der Waals surface area contributed by atoms with Crippen molar-refractivity contribution in [2.75, 3.05) is 13.2 Å². The summed E-state index contributed by atoms with van der Waals surface area (Å²) in [5.74, 6) is 1.33. The summed E-state index contributed by atoms with van der Waals surface area (Å²) in [7, 11) is 0. The van der Waals surface area contributed by atoms with E-state index in [4.69, 9.17) is 10.1 Å². The van der Waals surface area contributed by atoms with Crippen molar-refractivity contribution in [2.24, 2.45) is 0 Å². The van der Waals surface area contributed by atoms with Gasteiger partial charge in [0.2, 0.25) is 0 Å². The lowest BCUT2D eigenvalue weighted by Gasteiger charge is -2.19. The highest BCUT2D eigenvalue weighted by molar-refractivity contribution is 8.93. The van der Waals surface area contributed by atoms with Crippen molar-refractivity contribution in [2.45, 2.75) is 52.5 Å². The average molecular weight is 458 g/mol. The Bertz CT molecular complexity index is 984. The van der Waals surface area contributed by atoms with Gasteiger partial charge in [-0.05, 0) is 36.6 Å². The maximum absolute atomic E-state index is 13.1. The number of nitrogens with zero attached hydrogens (tertiary/aromatic N) is 2. The van der Waals surface area contributed by atoms with Gasteiger partial charge in [0, 0.05) is 34.3 Å². The van der Waals surface area contributed by atoms with Crippen LogP contribution in [0.5, 0.6) is 5.75 Å². The second kappa shape index (κ2) is 7.90. The van der Waals surface area contributed by atoms with Crippen molar-refractivity contribution in [1.29, 1.82) is 5.41 Å². The molecule has 154 valence electrons. The molecule has 0 bridgehead atoms. The van der Waals surface area contributed by atoms with Gasteiger partial charge in [0.25, 0.3) is 0 Å². The second-order valence-electron chi connectivity index (χ2n) is 8.33. The quantitative estimate of drug-likeness (QED) is 0.672. The molecule has 1 aromatic carbocycles. The summed E-state index contributed by atoms with van der Waals surface area (Å²) in [4.78, 5) is 19.5. The smallest absolute Gasteiger partial charge is 0.182 e. The fourth-order valence-electron chi connectivity index (χ4n) is 4.01. The zero-order valence-electron chi connectivity index (χ0n) is 17.5. The molecule has 0 amide bonds. The predicted octanol–water partition coefficient (Wildman–Crippen LogP) is 4.48. The van der Waals surface area contributed by atoms with E-state index in [0.717, 1.165) is 41.0 Å². The van der Waals surface area contributed by atoms with Crippen LogP contribution in [0, 0.1) is 5.41 Å². The van der Waals surface area contributed by atoms with Crippen molar-refractivity contribution in [3.8, 4) is 5.75 Å². The zero-order chi connectivity index (χ0) is 20.1. The number of pyridine rings is 1. The van der Waals surface area contributed by atoms with Crippen LogP contribution in [0.4, 0.5) is 0 Å². The first-order chi connectivity index (χ1) is 13.3. The van der Waals surface area contributed by atoms with Crippen LogP contribution >= 0.6 is 17.0 Å². The van der Waals surface area contributed by atoms with Gasteiger partial charge in [-0.3, -0.25) is 10.2 Å². The minimum absolute atomic E-state index is 0. The number of amidine groups is 1. The van der Waals surface area contributed by atoms with Crippen LogP contribution < -0.4 is 4.74 Å². The Morgan fingerprint density at radius 2 is 2.00 bits per heavy atom. The molecule has 0 saturated heterocycles. The summed E-state index contributed by atoms with van der Waals surface area (Å²) in [6.07, 6.45) is 1.67. The Balaban J connectivity index is 0.00000240. The molecule has 0 spiro atoms. The topological polar surface area (TPSA) is 66.3 Å². The molecule has 4 rings (SSSR count). The number of aromatic nitrogens is 1. The number of ketones is 1. The molecular weight excluding hydrogens is 430 g/mol. The van der Waals surface area contributed by atoms with Crippen LogP contribution in [0.1, 0.15) is 66.1 Å². The molecule has 5 nitrogen and oxygen atoms in total. The first-order valence-electron chi connectivity index (χ1n) is 10.00. The van der Waals surface area contributed by atoms with Crippen molar-refractivity contribution in [1.82, 2.24) is 9.88 Å². The van der Waals surface area contributed by atoms with Crippen molar-refractivity contribution >= 4 is 28.6 Å². The molecule has 0 saturated carbocycles. The summed E-state index contributed by atoms with van der Waals surface area (Å²) in [5.41, 5.74) is 5.53. The number of Topliss-reactive ketones (excluding diaryl/α,β-unsaturated/α-hetero) is 1. The number of fused-ring (bicyclic) bond motifs is 2. The van der Waals surface area contributed by atoms with Crippen molar-refractivity contribution in [3.05, 3.63) is 57.9 Å². The lowest BCUT2D eigenvalue weighted by atomic mass is 9.84. The van der Waals surface area contributed by atoms with Crippen LogP contribution in [-0.2, 0) is 24.8 Å². The fraction of sp³-hybridized carbons (Fsp3) is 0.435. The van der Waals surface area contributed by atoms with E-state index in [9.17, 15) is 4.79 Å². The first kappa shape index (κ1) is 21.5. The highest BCUT2D eigenvalue weighted by Gasteiger charge is 2.35. The molecule has 6 heteroatoms. The number of carbonyl (C=O) groups is 1. The third kappa shape index (κ3) is 3.70. The third-order valence-electron chi connectivity index (χ3n) is 5.81. The van der Waals surface area contributed by atoms with Crippen LogP contribution in [-0.4, -0.2) is 34.7 Å². The number of aryl methyl sites for hydroxylation is 2. The number of hydrogen-bond acceptors (Lipinski definition) is 4. The Hall–Kier alpha value is -2.21.